The molecule has 0 N–H and O–H groups in total. The average Bonchev–Trinajstić information content (AvgIpc) is 1.64. The molecule has 0 saturated carbocycles. The van der Waals surface area contributed by atoms with Crippen molar-refractivity contribution >= 4 is 5.91 Å². The maximum absolute atomic E-state index is 10.6. The standard InChI is InChI=1S/C6H11NO.W/c1-5(2)6(8)7(3)4;/h5H,3-4H2,1-2H3;/q-2;+2. The van der Waals surface area contributed by atoms with Gasteiger partial charge < -0.3 is 4.90 Å². The van der Waals surface area contributed by atoms with Crippen LogP contribution < -0.4 is 0 Å². The van der Waals surface area contributed by atoms with Crippen LogP contribution >= 0.6 is 0 Å². The summed E-state index contributed by atoms with van der Waals surface area (Å²) in [7, 11) is 6.66. The van der Waals surface area contributed by atoms with Crippen LogP contribution in [0.15, 0.2) is 0 Å². The van der Waals surface area contributed by atoms with Gasteiger partial charge in [-0.15, -0.1) is 0 Å². The maximum atomic E-state index is 10.6. The molecule has 0 saturated heterocycles. The number of amides is 1. The van der Waals surface area contributed by atoms with Gasteiger partial charge in [0.2, 0.25) is 0 Å². The van der Waals surface area contributed by atoms with Crippen LogP contribution in [-0.2, 0) is 25.9 Å². The monoisotopic (exact) mass is 297 g/mol. The van der Waals surface area contributed by atoms with Gasteiger partial charge in [0, 0.05) is 5.92 Å². The first-order valence-corrected chi connectivity index (χ1v) is 2.50. The van der Waals surface area contributed by atoms with Crippen molar-refractivity contribution in [2.45, 2.75) is 13.8 Å². The fourth-order valence-corrected chi connectivity index (χ4v) is 0.365. The summed E-state index contributed by atoms with van der Waals surface area (Å²) in [5.41, 5.74) is 0. The third-order valence-corrected chi connectivity index (χ3v) is 0.806. The van der Waals surface area contributed by atoms with Gasteiger partial charge >= 0.3 is 21.1 Å². The Bertz CT molecular complexity index is 81.1. The Labute approximate surface area is 70.9 Å². The molecule has 9 heavy (non-hydrogen) atoms. The number of carbonyl (C=O) groups is 1. The molecule has 0 spiro atoms. The van der Waals surface area contributed by atoms with Crippen molar-refractivity contribution in [2.24, 2.45) is 5.92 Å². The molecular formula is C6H11NOW. The SMILES string of the molecule is [CH2-]N([CH2-])C(=O)C(C)C.[W+2]. The van der Waals surface area contributed by atoms with E-state index in [9.17, 15) is 4.79 Å². The van der Waals surface area contributed by atoms with Gasteiger partial charge in [0.1, 0.15) is 0 Å². The molecule has 0 radical (unpaired) electrons. The van der Waals surface area contributed by atoms with E-state index < -0.39 is 0 Å². The Kier molecular flexibility index (Phi) is 6.59. The first-order chi connectivity index (χ1) is 3.55. The number of nitrogens with zero attached hydrogens (tertiary/aromatic N) is 1. The summed E-state index contributed by atoms with van der Waals surface area (Å²) >= 11 is 0. The summed E-state index contributed by atoms with van der Waals surface area (Å²) in [5, 5.41) is 0. The van der Waals surface area contributed by atoms with Crippen LogP contribution in [0.3, 0.4) is 0 Å². The molecule has 1 amide bonds. The van der Waals surface area contributed by atoms with E-state index in [1.54, 1.807) is 0 Å². The van der Waals surface area contributed by atoms with Crippen molar-refractivity contribution in [1.82, 2.24) is 4.90 Å². The Morgan fingerprint density at radius 3 is 1.78 bits per heavy atom. The van der Waals surface area contributed by atoms with Crippen LogP contribution in [0, 0.1) is 20.0 Å². The van der Waals surface area contributed by atoms with Gasteiger partial charge in [-0.2, -0.15) is 0 Å². The molecule has 0 unspecified atom stereocenters. The zero-order chi connectivity index (χ0) is 6.73. The van der Waals surface area contributed by atoms with Crippen molar-refractivity contribution in [3.8, 4) is 0 Å². The smallest absolute Gasteiger partial charge is 0.641 e. The molecule has 52 valence electrons. The molecule has 0 rings (SSSR count). The van der Waals surface area contributed by atoms with Gasteiger partial charge in [0.05, 0.1) is 0 Å². The second-order valence-electron chi connectivity index (χ2n) is 2.03. The van der Waals surface area contributed by atoms with E-state index >= 15 is 0 Å². The van der Waals surface area contributed by atoms with Crippen LogP contribution in [0.2, 0.25) is 0 Å². The van der Waals surface area contributed by atoms with E-state index in [4.69, 9.17) is 0 Å². The third kappa shape index (κ3) is 4.65. The molecule has 0 fully saturated rings. The molecule has 0 bridgehead atoms. The zero-order valence-corrected chi connectivity index (χ0v) is 8.69. The van der Waals surface area contributed by atoms with Crippen molar-refractivity contribution in [3.05, 3.63) is 14.1 Å². The van der Waals surface area contributed by atoms with E-state index in [0.717, 1.165) is 4.90 Å². The van der Waals surface area contributed by atoms with Gasteiger partial charge in [-0.05, 0) is 0 Å². The Balaban J connectivity index is 0. The molecule has 0 aromatic heterocycles. The van der Waals surface area contributed by atoms with Gasteiger partial charge in [-0.1, -0.05) is 13.8 Å². The fourth-order valence-electron chi connectivity index (χ4n) is 0.365. The first-order valence-electron chi connectivity index (χ1n) is 2.50. The average molecular weight is 297 g/mol. The molecule has 0 aromatic rings. The van der Waals surface area contributed by atoms with Crippen molar-refractivity contribution in [3.63, 3.8) is 0 Å². The summed E-state index contributed by atoms with van der Waals surface area (Å²) in [6.45, 7) is 3.62. The predicted octanol–water partition coefficient (Wildman–Crippen LogP) is 1.05. The minimum atomic E-state index is -0.0370. The van der Waals surface area contributed by atoms with Crippen LogP contribution in [0.4, 0.5) is 0 Å². The van der Waals surface area contributed by atoms with Crippen molar-refractivity contribution < 1.29 is 25.9 Å². The van der Waals surface area contributed by atoms with Crippen molar-refractivity contribution in [1.29, 1.82) is 0 Å². The third-order valence-electron chi connectivity index (χ3n) is 0.806. The van der Waals surface area contributed by atoms with Gasteiger partial charge in [-0.3, -0.25) is 18.9 Å². The van der Waals surface area contributed by atoms with Gasteiger partial charge in [-0.25, -0.2) is 0 Å². The number of hydrogen-bond donors (Lipinski definition) is 0. The Hall–Kier alpha value is 0.158. The van der Waals surface area contributed by atoms with E-state index in [-0.39, 0.29) is 32.9 Å². The van der Waals surface area contributed by atoms with Gasteiger partial charge in [0.15, 0.2) is 5.91 Å². The molecule has 3 heteroatoms. The minimum Gasteiger partial charge on any atom is -0.641 e. The minimum absolute atomic E-state index is 0. The van der Waals surface area contributed by atoms with Crippen LogP contribution in [0.25, 0.3) is 0 Å². The Morgan fingerprint density at radius 2 is 1.78 bits per heavy atom. The topological polar surface area (TPSA) is 20.3 Å². The van der Waals surface area contributed by atoms with Crippen LogP contribution in [0.5, 0.6) is 0 Å². The summed E-state index contributed by atoms with van der Waals surface area (Å²) in [4.78, 5) is 11.7. The number of carbonyl (C=O) groups excluding carboxylic acids is 1. The fraction of sp³-hybridized carbons (Fsp3) is 0.500. The molecule has 2 nitrogen and oxygen atoms in total. The molecule has 0 aromatic carbocycles. The van der Waals surface area contributed by atoms with Crippen molar-refractivity contribution in [2.75, 3.05) is 0 Å². The Morgan fingerprint density at radius 1 is 1.44 bits per heavy atom. The second kappa shape index (κ2) is 4.98. The molecule has 0 atom stereocenters. The summed E-state index contributed by atoms with van der Waals surface area (Å²) in [5.74, 6) is -0.0324. The maximum Gasteiger partial charge on any atom is 2.00 e. The van der Waals surface area contributed by atoms with E-state index in [0.29, 0.717) is 0 Å². The summed E-state index contributed by atoms with van der Waals surface area (Å²) in [6.07, 6.45) is 0. The van der Waals surface area contributed by atoms with Crippen LogP contribution in [0.1, 0.15) is 13.8 Å². The molecule has 0 heterocycles. The molecular weight excluding hydrogens is 286 g/mol. The molecule has 0 aliphatic carbocycles. The normalized spacial score (nSPS) is 8.56. The largest absolute Gasteiger partial charge is 2.00 e. The number of hydrogen-bond acceptors (Lipinski definition) is 1. The zero-order valence-electron chi connectivity index (χ0n) is 5.76. The van der Waals surface area contributed by atoms with Crippen LogP contribution in [-0.4, -0.2) is 10.8 Å². The predicted molar refractivity (Wildman–Crippen MR) is 32.4 cm³/mol. The first kappa shape index (κ1) is 11.9. The molecule has 0 aliphatic heterocycles. The summed E-state index contributed by atoms with van der Waals surface area (Å²) in [6, 6.07) is 0. The summed E-state index contributed by atoms with van der Waals surface area (Å²) < 4.78 is 0. The molecule has 0 aliphatic rings. The van der Waals surface area contributed by atoms with Gasteiger partial charge in [0.25, 0.3) is 0 Å². The quantitative estimate of drug-likeness (QED) is 0.663. The van der Waals surface area contributed by atoms with E-state index in [2.05, 4.69) is 14.1 Å². The number of rotatable bonds is 1. The van der Waals surface area contributed by atoms with E-state index in [1.807, 2.05) is 13.8 Å². The second-order valence-corrected chi connectivity index (χ2v) is 2.03. The van der Waals surface area contributed by atoms with E-state index in [1.165, 1.54) is 0 Å².